The number of nitrogens with one attached hydrogen (secondary N) is 2. The Morgan fingerprint density at radius 1 is 1.40 bits per heavy atom. The normalized spacial score (nSPS) is 25.0. The van der Waals surface area contributed by atoms with E-state index in [1.165, 1.54) is 4.90 Å². The average molecular weight is 296 g/mol. The van der Waals surface area contributed by atoms with Gasteiger partial charge >= 0.3 is 6.03 Å². The molecule has 2 saturated heterocycles. The van der Waals surface area contributed by atoms with Crippen molar-refractivity contribution < 1.29 is 9.90 Å². The molecule has 2 amide bonds. The Morgan fingerprint density at radius 2 is 2.15 bits per heavy atom. The summed E-state index contributed by atoms with van der Waals surface area (Å²) in [6.45, 7) is 1.98. The highest BCUT2D eigenvalue weighted by Gasteiger charge is 2.50. The van der Waals surface area contributed by atoms with E-state index in [0.29, 0.717) is 11.6 Å². The molecule has 2 fully saturated rings. The lowest BCUT2D eigenvalue weighted by atomic mass is 9.87. The summed E-state index contributed by atoms with van der Waals surface area (Å²) in [5.41, 5.74) is 0.402. The zero-order valence-corrected chi connectivity index (χ0v) is 11.9. The number of piperidine rings is 1. The molecule has 0 bridgehead atoms. The lowest BCUT2D eigenvalue weighted by molar-refractivity contribution is -0.0135. The monoisotopic (exact) mass is 295 g/mol. The number of benzene rings is 1. The Morgan fingerprint density at radius 3 is 2.85 bits per heavy atom. The molecule has 108 valence electrons. The van der Waals surface area contributed by atoms with E-state index in [2.05, 4.69) is 10.6 Å². The fourth-order valence-corrected chi connectivity index (χ4v) is 3.22. The van der Waals surface area contributed by atoms with Gasteiger partial charge in [-0.15, -0.1) is 0 Å². The van der Waals surface area contributed by atoms with Gasteiger partial charge in [-0.05, 0) is 43.6 Å². The van der Waals surface area contributed by atoms with Gasteiger partial charge in [0.25, 0.3) is 0 Å². The Balaban J connectivity index is 1.78. The molecular weight excluding hydrogens is 278 g/mol. The van der Waals surface area contributed by atoms with Crippen LogP contribution in [0.2, 0.25) is 5.02 Å². The summed E-state index contributed by atoms with van der Waals surface area (Å²) in [5.74, 6) is 0. The highest BCUT2D eigenvalue weighted by atomic mass is 35.5. The Kier molecular flexibility index (Phi) is 3.58. The highest BCUT2D eigenvalue weighted by Crippen LogP contribution is 2.31. The van der Waals surface area contributed by atoms with Gasteiger partial charge in [0.1, 0.15) is 0 Å². The number of urea groups is 1. The first-order chi connectivity index (χ1) is 9.61. The molecule has 3 N–H and O–H groups in total. The van der Waals surface area contributed by atoms with Crippen molar-refractivity contribution in [3.8, 4) is 0 Å². The fraction of sp³-hybridized carbons (Fsp3) is 0.500. The second kappa shape index (κ2) is 5.24. The molecule has 20 heavy (non-hydrogen) atoms. The van der Waals surface area contributed by atoms with Gasteiger partial charge in [0.05, 0.1) is 12.1 Å². The van der Waals surface area contributed by atoms with Crippen molar-refractivity contribution in [2.75, 3.05) is 13.1 Å². The van der Waals surface area contributed by atoms with Crippen LogP contribution in [0.3, 0.4) is 0 Å². The topological polar surface area (TPSA) is 64.6 Å². The van der Waals surface area contributed by atoms with Crippen molar-refractivity contribution in [2.45, 2.75) is 31.2 Å². The van der Waals surface area contributed by atoms with Gasteiger partial charge in [-0.1, -0.05) is 23.7 Å². The van der Waals surface area contributed by atoms with Gasteiger partial charge in [-0.25, -0.2) is 4.79 Å². The van der Waals surface area contributed by atoms with Crippen LogP contribution in [0, 0.1) is 0 Å². The predicted octanol–water partition coefficient (Wildman–Crippen LogP) is 1.31. The maximum absolute atomic E-state index is 12.1. The smallest absolute Gasteiger partial charge is 0.320 e. The van der Waals surface area contributed by atoms with Crippen molar-refractivity contribution in [2.24, 2.45) is 0 Å². The number of amides is 2. The molecule has 2 heterocycles. The first-order valence-corrected chi connectivity index (χ1v) is 7.21. The summed E-state index contributed by atoms with van der Waals surface area (Å²) in [7, 11) is 0. The summed E-state index contributed by atoms with van der Waals surface area (Å²) in [5, 5.41) is 17.4. The Hall–Kier alpha value is -1.30. The third-order valence-electron chi connectivity index (χ3n) is 4.14. The van der Waals surface area contributed by atoms with Crippen LogP contribution >= 0.6 is 11.6 Å². The number of nitrogens with zero attached hydrogens (tertiary/aromatic N) is 1. The van der Waals surface area contributed by atoms with Gasteiger partial charge in [0.2, 0.25) is 0 Å². The number of aliphatic hydroxyl groups excluding tert-OH is 1. The molecule has 3 rings (SSSR count). The molecule has 5 nitrogen and oxygen atoms in total. The van der Waals surface area contributed by atoms with E-state index < -0.39 is 11.8 Å². The van der Waals surface area contributed by atoms with E-state index in [4.69, 9.17) is 11.6 Å². The zero-order valence-electron chi connectivity index (χ0n) is 11.1. The van der Waals surface area contributed by atoms with E-state index in [-0.39, 0.29) is 6.03 Å². The van der Waals surface area contributed by atoms with Crippen molar-refractivity contribution in [1.29, 1.82) is 0 Å². The second-order valence-corrected chi connectivity index (χ2v) is 5.90. The molecule has 1 unspecified atom stereocenters. The van der Waals surface area contributed by atoms with E-state index in [1.54, 1.807) is 6.07 Å². The molecule has 2 aliphatic rings. The van der Waals surface area contributed by atoms with Crippen molar-refractivity contribution in [1.82, 2.24) is 15.5 Å². The van der Waals surface area contributed by atoms with Gasteiger partial charge in [0.15, 0.2) is 6.23 Å². The van der Waals surface area contributed by atoms with Crippen LogP contribution in [0.4, 0.5) is 4.79 Å². The quantitative estimate of drug-likeness (QED) is 0.771. The van der Waals surface area contributed by atoms with E-state index in [0.717, 1.165) is 31.5 Å². The molecule has 6 heteroatoms. The molecular formula is C14H18ClN3O2. The largest absolute Gasteiger partial charge is 0.371 e. The Bertz CT molecular complexity index is 517. The maximum Gasteiger partial charge on any atom is 0.320 e. The lowest BCUT2D eigenvalue weighted by Crippen LogP contribution is -2.56. The zero-order chi connectivity index (χ0) is 14.2. The molecule has 2 aliphatic heterocycles. The number of halogens is 1. The maximum atomic E-state index is 12.1. The molecule has 0 aromatic heterocycles. The van der Waals surface area contributed by atoms with Crippen molar-refractivity contribution >= 4 is 17.6 Å². The summed E-state index contributed by atoms with van der Waals surface area (Å²) >= 11 is 5.96. The minimum Gasteiger partial charge on any atom is -0.371 e. The number of carbonyl (C=O) groups excluding carboxylic acids is 1. The van der Waals surface area contributed by atoms with Crippen LogP contribution in [0.1, 0.15) is 18.4 Å². The SMILES string of the molecule is O=C1NC2(CCNCC2)C(O)N1Cc1cccc(Cl)c1. The molecule has 0 radical (unpaired) electrons. The summed E-state index contributed by atoms with van der Waals surface area (Å²) in [6.07, 6.45) is 0.689. The lowest BCUT2D eigenvalue weighted by Gasteiger charge is -2.36. The third kappa shape index (κ3) is 2.37. The number of hydrogen-bond donors (Lipinski definition) is 3. The first-order valence-electron chi connectivity index (χ1n) is 6.83. The second-order valence-electron chi connectivity index (χ2n) is 5.47. The molecule has 1 atom stereocenters. The highest BCUT2D eigenvalue weighted by molar-refractivity contribution is 6.30. The number of rotatable bonds is 2. The van der Waals surface area contributed by atoms with Gasteiger partial charge < -0.3 is 15.7 Å². The van der Waals surface area contributed by atoms with Gasteiger partial charge in [-0.3, -0.25) is 4.90 Å². The molecule has 1 aromatic rings. The Labute approximate surface area is 122 Å². The molecule has 1 aromatic carbocycles. The van der Waals surface area contributed by atoms with Crippen LogP contribution in [0.25, 0.3) is 0 Å². The van der Waals surface area contributed by atoms with Gasteiger partial charge in [-0.2, -0.15) is 0 Å². The summed E-state index contributed by atoms with van der Waals surface area (Å²) in [4.78, 5) is 13.6. The van der Waals surface area contributed by atoms with E-state index in [9.17, 15) is 9.90 Å². The third-order valence-corrected chi connectivity index (χ3v) is 4.38. The van der Waals surface area contributed by atoms with Crippen molar-refractivity contribution in [3.63, 3.8) is 0 Å². The standard InChI is InChI=1S/C14H18ClN3O2/c15-11-3-1-2-10(8-11)9-18-12(19)14(17-13(18)20)4-6-16-7-5-14/h1-3,8,12,16,19H,4-7,9H2,(H,17,20). The molecule has 1 spiro atoms. The molecule has 0 aliphatic carbocycles. The van der Waals surface area contributed by atoms with Gasteiger partial charge in [0, 0.05) is 5.02 Å². The number of carbonyl (C=O) groups is 1. The van der Waals surface area contributed by atoms with E-state index >= 15 is 0 Å². The molecule has 0 saturated carbocycles. The minimum absolute atomic E-state index is 0.209. The summed E-state index contributed by atoms with van der Waals surface area (Å²) in [6, 6.07) is 7.14. The average Bonchev–Trinajstić information content (AvgIpc) is 2.64. The van der Waals surface area contributed by atoms with E-state index in [1.807, 2.05) is 18.2 Å². The number of aliphatic hydroxyl groups is 1. The van der Waals surface area contributed by atoms with Crippen LogP contribution < -0.4 is 10.6 Å². The minimum atomic E-state index is -0.795. The predicted molar refractivity (Wildman–Crippen MR) is 76.4 cm³/mol. The van der Waals surface area contributed by atoms with Crippen LogP contribution in [-0.4, -0.2) is 40.9 Å². The number of hydrogen-bond acceptors (Lipinski definition) is 3. The van der Waals surface area contributed by atoms with Crippen LogP contribution in [0.15, 0.2) is 24.3 Å². The van der Waals surface area contributed by atoms with Crippen molar-refractivity contribution in [3.05, 3.63) is 34.9 Å². The summed E-state index contributed by atoms with van der Waals surface area (Å²) < 4.78 is 0. The van der Waals surface area contributed by atoms with Crippen LogP contribution in [0.5, 0.6) is 0 Å². The fourth-order valence-electron chi connectivity index (χ4n) is 3.01. The van der Waals surface area contributed by atoms with Crippen LogP contribution in [-0.2, 0) is 6.54 Å². The first kappa shape index (κ1) is 13.7.